The maximum atomic E-state index is 12.2. The summed E-state index contributed by atoms with van der Waals surface area (Å²) in [6.07, 6.45) is 0.865. The van der Waals surface area contributed by atoms with Crippen LogP contribution in [0.2, 0.25) is 6.04 Å². The molecule has 0 heterocycles. The first-order valence-electron chi connectivity index (χ1n) is 10.2. The van der Waals surface area contributed by atoms with E-state index in [2.05, 4.69) is 5.32 Å². The van der Waals surface area contributed by atoms with Crippen LogP contribution in [0.3, 0.4) is 0 Å². The summed E-state index contributed by atoms with van der Waals surface area (Å²) in [5.74, 6) is 0.161. The fourth-order valence-electron chi connectivity index (χ4n) is 2.92. The van der Waals surface area contributed by atoms with E-state index in [4.69, 9.17) is 18.0 Å². The van der Waals surface area contributed by atoms with Crippen molar-refractivity contribution in [2.75, 3.05) is 31.7 Å². The summed E-state index contributed by atoms with van der Waals surface area (Å²) < 4.78 is 23.0. The van der Waals surface area contributed by atoms with Crippen LogP contribution in [-0.4, -0.2) is 41.1 Å². The number of nitrogens with one attached hydrogen (secondary N) is 1. The van der Waals surface area contributed by atoms with Crippen molar-refractivity contribution in [2.24, 2.45) is 0 Å². The monoisotopic (exact) mass is 417 g/mol. The van der Waals surface area contributed by atoms with Gasteiger partial charge in [-0.25, -0.2) is 4.79 Å². The van der Waals surface area contributed by atoms with Crippen LogP contribution in [0.25, 0.3) is 0 Å². The number of rotatable bonds is 13. The molecule has 0 saturated carbocycles. The van der Waals surface area contributed by atoms with E-state index in [0.717, 1.165) is 24.7 Å². The molecule has 0 fully saturated rings. The molecule has 29 heavy (non-hydrogen) atoms. The Morgan fingerprint density at radius 1 is 0.862 bits per heavy atom. The van der Waals surface area contributed by atoms with E-state index in [1.54, 1.807) is 24.3 Å². The molecule has 2 aromatic carbocycles. The molecule has 2 aromatic rings. The maximum absolute atomic E-state index is 12.2. The minimum Gasteiger partial charge on any atom is -0.423 e. The zero-order valence-corrected chi connectivity index (χ0v) is 18.5. The SMILES string of the molecule is CCO[Si](CCCNc1ccc(C(=O)Oc2ccccc2)cc1)(OCC)OCC. The zero-order valence-electron chi connectivity index (χ0n) is 17.5. The lowest BCUT2D eigenvalue weighted by Gasteiger charge is -2.28. The summed E-state index contributed by atoms with van der Waals surface area (Å²) in [6, 6.07) is 17.1. The second kappa shape index (κ2) is 12.4. The quantitative estimate of drug-likeness (QED) is 0.219. The predicted octanol–water partition coefficient (Wildman–Crippen LogP) is 4.76. The van der Waals surface area contributed by atoms with Crippen LogP contribution in [0, 0.1) is 0 Å². The molecule has 0 saturated heterocycles. The standard InChI is InChI=1S/C22H31NO5Si/c1-4-25-29(26-5-2,27-6-3)18-10-17-23-20-15-13-19(14-16-20)22(24)28-21-11-8-7-9-12-21/h7-9,11-16,23H,4-6,10,17-18H2,1-3H3. The minimum atomic E-state index is -2.60. The van der Waals surface area contributed by atoms with Crippen LogP contribution < -0.4 is 10.1 Å². The van der Waals surface area contributed by atoms with Crippen molar-refractivity contribution in [2.45, 2.75) is 33.2 Å². The summed E-state index contributed by atoms with van der Waals surface area (Å²) in [5, 5.41) is 3.36. The van der Waals surface area contributed by atoms with Crippen molar-refractivity contribution in [1.82, 2.24) is 0 Å². The highest BCUT2D eigenvalue weighted by atomic mass is 28.4. The third-order valence-electron chi connectivity index (χ3n) is 4.16. The van der Waals surface area contributed by atoms with Crippen LogP contribution in [0.15, 0.2) is 54.6 Å². The van der Waals surface area contributed by atoms with Gasteiger partial charge < -0.3 is 23.3 Å². The molecular formula is C22H31NO5Si. The van der Waals surface area contributed by atoms with Gasteiger partial charge in [-0.1, -0.05) is 18.2 Å². The van der Waals surface area contributed by atoms with Crippen molar-refractivity contribution in [1.29, 1.82) is 0 Å². The Kier molecular flexibility index (Phi) is 9.86. The Labute approximate surface area is 174 Å². The third kappa shape index (κ3) is 7.62. The van der Waals surface area contributed by atoms with E-state index in [9.17, 15) is 4.79 Å². The normalized spacial score (nSPS) is 11.3. The average molecular weight is 418 g/mol. The maximum Gasteiger partial charge on any atom is 0.500 e. The van der Waals surface area contributed by atoms with E-state index in [-0.39, 0.29) is 5.97 Å². The van der Waals surface area contributed by atoms with Gasteiger partial charge >= 0.3 is 14.8 Å². The number of carbonyl (C=O) groups excluding carboxylic acids is 1. The molecule has 0 aromatic heterocycles. The van der Waals surface area contributed by atoms with Crippen molar-refractivity contribution >= 4 is 20.5 Å². The van der Waals surface area contributed by atoms with Gasteiger partial charge in [0.25, 0.3) is 0 Å². The summed E-state index contributed by atoms with van der Waals surface area (Å²) in [5.41, 5.74) is 1.45. The molecule has 0 unspecified atom stereocenters. The summed E-state index contributed by atoms with van der Waals surface area (Å²) in [7, 11) is -2.60. The lowest BCUT2D eigenvalue weighted by molar-refractivity contribution is 0.0707. The molecule has 0 aliphatic heterocycles. The molecule has 158 valence electrons. The number of ether oxygens (including phenoxy) is 1. The summed E-state index contributed by atoms with van der Waals surface area (Å²) in [4.78, 5) is 12.2. The molecule has 0 atom stereocenters. The molecule has 0 spiro atoms. The Morgan fingerprint density at radius 3 is 2.00 bits per heavy atom. The van der Waals surface area contributed by atoms with Gasteiger partial charge in [-0.3, -0.25) is 0 Å². The van der Waals surface area contributed by atoms with Crippen LogP contribution >= 0.6 is 0 Å². The van der Waals surface area contributed by atoms with Gasteiger partial charge in [0, 0.05) is 38.1 Å². The Balaban J connectivity index is 1.82. The van der Waals surface area contributed by atoms with Gasteiger partial charge in [0.1, 0.15) is 5.75 Å². The van der Waals surface area contributed by atoms with Crippen molar-refractivity contribution < 1.29 is 22.8 Å². The van der Waals surface area contributed by atoms with E-state index in [0.29, 0.717) is 31.1 Å². The lowest BCUT2D eigenvalue weighted by Crippen LogP contribution is -2.46. The molecule has 0 aliphatic carbocycles. The number of esters is 1. The van der Waals surface area contributed by atoms with Gasteiger partial charge in [0.2, 0.25) is 0 Å². The third-order valence-corrected chi connectivity index (χ3v) is 7.31. The Bertz CT molecular complexity index is 707. The number of para-hydroxylation sites is 1. The number of hydrogen-bond donors (Lipinski definition) is 1. The lowest BCUT2D eigenvalue weighted by atomic mass is 10.2. The Hall–Kier alpha value is -2.19. The average Bonchev–Trinajstić information content (AvgIpc) is 2.73. The highest BCUT2D eigenvalue weighted by molar-refractivity contribution is 6.60. The molecule has 0 radical (unpaired) electrons. The fraction of sp³-hybridized carbons (Fsp3) is 0.409. The highest BCUT2D eigenvalue weighted by Crippen LogP contribution is 2.19. The van der Waals surface area contributed by atoms with Gasteiger partial charge in [0.15, 0.2) is 0 Å². The second-order valence-electron chi connectivity index (χ2n) is 6.29. The summed E-state index contributed by atoms with van der Waals surface area (Å²) in [6.45, 7) is 8.39. The molecule has 1 N–H and O–H groups in total. The van der Waals surface area contributed by atoms with E-state index < -0.39 is 8.80 Å². The number of benzene rings is 2. The topological polar surface area (TPSA) is 66.0 Å². The van der Waals surface area contributed by atoms with Crippen LogP contribution in [0.5, 0.6) is 5.75 Å². The first-order valence-corrected chi connectivity index (χ1v) is 12.1. The number of anilines is 1. The zero-order chi connectivity index (χ0) is 21.0. The molecule has 0 bridgehead atoms. The van der Waals surface area contributed by atoms with E-state index in [1.165, 1.54) is 0 Å². The molecule has 6 nitrogen and oxygen atoms in total. The van der Waals surface area contributed by atoms with E-state index in [1.807, 2.05) is 51.1 Å². The van der Waals surface area contributed by atoms with Crippen molar-refractivity contribution in [3.8, 4) is 5.75 Å². The largest absolute Gasteiger partial charge is 0.500 e. The smallest absolute Gasteiger partial charge is 0.423 e. The molecule has 0 aliphatic rings. The fourth-order valence-corrected chi connectivity index (χ4v) is 5.53. The molecule has 7 heteroatoms. The first-order chi connectivity index (χ1) is 14.1. The van der Waals surface area contributed by atoms with Crippen LogP contribution in [-0.2, 0) is 13.3 Å². The second-order valence-corrected chi connectivity index (χ2v) is 9.02. The van der Waals surface area contributed by atoms with Gasteiger partial charge in [-0.05, 0) is 63.6 Å². The van der Waals surface area contributed by atoms with Gasteiger partial charge in [0.05, 0.1) is 5.56 Å². The van der Waals surface area contributed by atoms with Crippen molar-refractivity contribution in [3.63, 3.8) is 0 Å². The van der Waals surface area contributed by atoms with Crippen LogP contribution in [0.1, 0.15) is 37.6 Å². The number of carbonyl (C=O) groups is 1. The molecular weight excluding hydrogens is 386 g/mol. The Morgan fingerprint density at radius 2 is 1.45 bits per heavy atom. The molecule has 0 amide bonds. The van der Waals surface area contributed by atoms with Crippen molar-refractivity contribution in [3.05, 3.63) is 60.2 Å². The minimum absolute atomic E-state index is 0.372. The number of hydrogen-bond acceptors (Lipinski definition) is 6. The van der Waals surface area contributed by atoms with Gasteiger partial charge in [-0.2, -0.15) is 0 Å². The van der Waals surface area contributed by atoms with E-state index >= 15 is 0 Å². The summed E-state index contributed by atoms with van der Waals surface area (Å²) >= 11 is 0. The molecule has 2 rings (SSSR count). The highest BCUT2D eigenvalue weighted by Gasteiger charge is 2.39. The van der Waals surface area contributed by atoms with Crippen LogP contribution in [0.4, 0.5) is 5.69 Å². The first kappa shape index (κ1) is 23.1. The predicted molar refractivity (Wildman–Crippen MR) is 116 cm³/mol. The van der Waals surface area contributed by atoms with Gasteiger partial charge in [-0.15, -0.1) is 0 Å².